The van der Waals surface area contributed by atoms with Crippen LogP contribution in [0.5, 0.6) is 5.75 Å². The van der Waals surface area contributed by atoms with Crippen molar-refractivity contribution in [2.24, 2.45) is 0 Å². The Morgan fingerprint density at radius 2 is 2.10 bits per heavy atom. The molecule has 3 nitrogen and oxygen atoms in total. The Balaban J connectivity index is 2.26. The molecule has 2 rings (SSSR count). The van der Waals surface area contributed by atoms with Gasteiger partial charge in [-0.15, -0.1) is 6.42 Å². The number of methoxy groups -OCH3 is 1. The predicted molar refractivity (Wildman–Crippen MR) is 83.0 cm³/mol. The van der Waals surface area contributed by atoms with Crippen LogP contribution in [0.1, 0.15) is 15.9 Å². The highest BCUT2D eigenvalue weighted by atomic mass is 79.9. The summed E-state index contributed by atoms with van der Waals surface area (Å²) in [5.74, 6) is 2.92. The number of rotatable bonds is 3. The molecule has 0 atom stereocenters. The Kier molecular flexibility index (Phi) is 4.44. The summed E-state index contributed by atoms with van der Waals surface area (Å²) < 4.78 is 5.82. The van der Waals surface area contributed by atoms with Crippen molar-refractivity contribution in [3.8, 4) is 18.1 Å². The second-order valence-corrected chi connectivity index (χ2v) is 4.88. The maximum absolute atomic E-state index is 12.3. The summed E-state index contributed by atoms with van der Waals surface area (Å²) in [6, 6.07) is 12.3. The molecular weight excluding hydrogens is 318 g/mol. The summed E-state index contributed by atoms with van der Waals surface area (Å²) >= 11 is 3.35. The Labute approximate surface area is 126 Å². The number of benzene rings is 2. The SMILES string of the molecule is C#Cc1cccc(NC(=O)c2cc(OC)ccc2Br)c1. The van der Waals surface area contributed by atoms with Crippen LogP contribution in [0.3, 0.4) is 0 Å². The van der Waals surface area contributed by atoms with Crippen molar-refractivity contribution in [1.29, 1.82) is 0 Å². The molecule has 0 saturated carbocycles. The highest BCUT2D eigenvalue weighted by Gasteiger charge is 2.11. The van der Waals surface area contributed by atoms with E-state index in [4.69, 9.17) is 11.2 Å². The number of hydrogen-bond acceptors (Lipinski definition) is 2. The third-order valence-corrected chi connectivity index (χ3v) is 3.40. The molecule has 0 saturated heterocycles. The van der Waals surface area contributed by atoms with Crippen LogP contribution in [0, 0.1) is 12.3 Å². The van der Waals surface area contributed by atoms with E-state index in [9.17, 15) is 4.79 Å². The minimum Gasteiger partial charge on any atom is -0.497 e. The molecule has 0 unspecified atom stereocenters. The van der Waals surface area contributed by atoms with Gasteiger partial charge >= 0.3 is 0 Å². The van der Waals surface area contributed by atoms with Gasteiger partial charge in [0, 0.05) is 15.7 Å². The Morgan fingerprint density at radius 1 is 1.30 bits per heavy atom. The fourth-order valence-corrected chi connectivity index (χ4v) is 2.12. The van der Waals surface area contributed by atoms with Gasteiger partial charge in [0.05, 0.1) is 12.7 Å². The van der Waals surface area contributed by atoms with Gasteiger partial charge in [-0.25, -0.2) is 0 Å². The van der Waals surface area contributed by atoms with E-state index in [-0.39, 0.29) is 5.91 Å². The van der Waals surface area contributed by atoms with Crippen LogP contribution in [0.15, 0.2) is 46.9 Å². The van der Waals surface area contributed by atoms with Crippen molar-refractivity contribution in [2.75, 3.05) is 12.4 Å². The zero-order chi connectivity index (χ0) is 14.5. The number of carbonyl (C=O) groups is 1. The third-order valence-electron chi connectivity index (χ3n) is 2.71. The molecule has 1 amide bonds. The summed E-state index contributed by atoms with van der Waals surface area (Å²) in [6.45, 7) is 0. The molecule has 1 N–H and O–H groups in total. The van der Waals surface area contributed by atoms with Crippen molar-refractivity contribution < 1.29 is 9.53 Å². The normalized spacial score (nSPS) is 9.65. The monoisotopic (exact) mass is 329 g/mol. The molecule has 100 valence electrons. The van der Waals surface area contributed by atoms with Crippen LogP contribution < -0.4 is 10.1 Å². The summed E-state index contributed by atoms with van der Waals surface area (Å²) in [4.78, 5) is 12.3. The van der Waals surface area contributed by atoms with Gasteiger partial charge < -0.3 is 10.1 Å². The molecule has 2 aromatic rings. The topological polar surface area (TPSA) is 38.3 Å². The van der Waals surface area contributed by atoms with Gasteiger partial charge in [0.15, 0.2) is 0 Å². The third kappa shape index (κ3) is 3.19. The molecule has 0 aliphatic heterocycles. The molecule has 0 aromatic heterocycles. The molecule has 0 spiro atoms. The molecule has 4 heteroatoms. The largest absolute Gasteiger partial charge is 0.497 e. The van der Waals surface area contributed by atoms with Crippen LogP contribution in [0.25, 0.3) is 0 Å². The second-order valence-electron chi connectivity index (χ2n) is 4.03. The zero-order valence-corrected chi connectivity index (χ0v) is 12.4. The van der Waals surface area contributed by atoms with Crippen molar-refractivity contribution in [2.45, 2.75) is 0 Å². The first-order valence-electron chi connectivity index (χ1n) is 5.85. The lowest BCUT2D eigenvalue weighted by Gasteiger charge is -2.09. The number of anilines is 1. The average Bonchev–Trinajstić information content (AvgIpc) is 2.47. The molecule has 0 radical (unpaired) electrons. The van der Waals surface area contributed by atoms with Crippen LogP contribution in [0.4, 0.5) is 5.69 Å². The number of hydrogen-bond donors (Lipinski definition) is 1. The van der Waals surface area contributed by atoms with Gasteiger partial charge in [0.1, 0.15) is 5.75 Å². The second kappa shape index (κ2) is 6.27. The van der Waals surface area contributed by atoms with Crippen LogP contribution >= 0.6 is 15.9 Å². The first-order valence-corrected chi connectivity index (χ1v) is 6.65. The van der Waals surface area contributed by atoms with E-state index in [1.54, 1.807) is 49.6 Å². The number of terminal acetylenes is 1. The van der Waals surface area contributed by atoms with Gasteiger partial charge in [-0.1, -0.05) is 12.0 Å². The van der Waals surface area contributed by atoms with E-state index in [0.29, 0.717) is 27.0 Å². The molecule has 20 heavy (non-hydrogen) atoms. The maximum atomic E-state index is 12.3. The molecule has 0 heterocycles. The number of halogens is 1. The fourth-order valence-electron chi connectivity index (χ4n) is 1.69. The summed E-state index contributed by atoms with van der Waals surface area (Å²) in [5, 5.41) is 2.81. The standard InChI is InChI=1S/C16H12BrNO2/c1-3-11-5-4-6-12(9-11)18-16(19)14-10-13(20-2)7-8-15(14)17/h1,4-10H,2H3,(H,18,19). The summed E-state index contributed by atoms with van der Waals surface area (Å²) in [6.07, 6.45) is 5.34. The van der Waals surface area contributed by atoms with Crippen molar-refractivity contribution in [1.82, 2.24) is 0 Å². The molecule has 0 aliphatic rings. The van der Waals surface area contributed by atoms with E-state index in [2.05, 4.69) is 27.2 Å². The molecule has 0 aliphatic carbocycles. The number of amides is 1. The van der Waals surface area contributed by atoms with Crippen molar-refractivity contribution >= 4 is 27.5 Å². The Hall–Kier alpha value is -2.25. The van der Waals surface area contributed by atoms with Gasteiger partial charge in [-0.05, 0) is 52.3 Å². The molecule has 0 bridgehead atoms. The Bertz CT molecular complexity index is 689. The molecule has 0 fully saturated rings. The summed E-state index contributed by atoms with van der Waals surface area (Å²) in [5.41, 5.74) is 1.86. The van der Waals surface area contributed by atoms with Crippen LogP contribution in [0.2, 0.25) is 0 Å². The van der Waals surface area contributed by atoms with Gasteiger partial charge in [0.25, 0.3) is 5.91 Å². The summed E-state index contributed by atoms with van der Waals surface area (Å²) in [7, 11) is 1.56. The lowest BCUT2D eigenvalue weighted by Crippen LogP contribution is -2.12. The predicted octanol–water partition coefficient (Wildman–Crippen LogP) is 3.69. The number of nitrogens with one attached hydrogen (secondary N) is 1. The lowest BCUT2D eigenvalue weighted by atomic mass is 10.1. The van der Waals surface area contributed by atoms with Gasteiger partial charge in [0.2, 0.25) is 0 Å². The molecule has 2 aromatic carbocycles. The lowest BCUT2D eigenvalue weighted by molar-refractivity contribution is 0.102. The van der Waals surface area contributed by atoms with E-state index in [1.807, 2.05) is 0 Å². The molecular formula is C16H12BrNO2. The average molecular weight is 330 g/mol. The van der Waals surface area contributed by atoms with E-state index in [0.717, 1.165) is 0 Å². The van der Waals surface area contributed by atoms with E-state index < -0.39 is 0 Å². The van der Waals surface area contributed by atoms with Crippen molar-refractivity contribution in [3.05, 3.63) is 58.1 Å². The maximum Gasteiger partial charge on any atom is 0.256 e. The van der Waals surface area contributed by atoms with Crippen LogP contribution in [-0.2, 0) is 0 Å². The highest BCUT2D eigenvalue weighted by Crippen LogP contribution is 2.23. The van der Waals surface area contributed by atoms with Gasteiger partial charge in [-0.2, -0.15) is 0 Å². The van der Waals surface area contributed by atoms with E-state index >= 15 is 0 Å². The number of carbonyl (C=O) groups excluding carboxylic acids is 1. The van der Waals surface area contributed by atoms with Gasteiger partial charge in [-0.3, -0.25) is 4.79 Å². The quantitative estimate of drug-likeness (QED) is 0.872. The minimum atomic E-state index is -0.232. The van der Waals surface area contributed by atoms with Crippen LogP contribution in [-0.4, -0.2) is 13.0 Å². The van der Waals surface area contributed by atoms with E-state index in [1.165, 1.54) is 0 Å². The number of ether oxygens (including phenoxy) is 1. The minimum absolute atomic E-state index is 0.232. The fraction of sp³-hybridized carbons (Fsp3) is 0.0625. The highest BCUT2D eigenvalue weighted by molar-refractivity contribution is 9.10. The first-order chi connectivity index (χ1) is 9.63. The first kappa shape index (κ1) is 14.2. The Morgan fingerprint density at radius 3 is 2.80 bits per heavy atom. The zero-order valence-electron chi connectivity index (χ0n) is 10.8. The smallest absolute Gasteiger partial charge is 0.256 e. The van der Waals surface area contributed by atoms with Crippen molar-refractivity contribution in [3.63, 3.8) is 0 Å².